The van der Waals surface area contributed by atoms with Gasteiger partial charge in [0.1, 0.15) is 0 Å². The molecule has 2 unspecified atom stereocenters. The highest BCUT2D eigenvalue weighted by Gasteiger charge is 2.54. The first-order chi connectivity index (χ1) is 29.7. The third kappa shape index (κ3) is 4.21. The summed E-state index contributed by atoms with van der Waals surface area (Å²) in [5, 5.41) is 9.83. The summed E-state index contributed by atoms with van der Waals surface area (Å²) >= 11 is 0. The zero-order chi connectivity index (χ0) is 39.6. The maximum absolute atomic E-state index is 17.0. The topological polar surface area (TPSA) is 22.0 Å². The maximum Gasteiger partial charge on any atom is 0.171 e. The van der Waals surface area contributed by atoms with Crippen LogP contribution in [0, 0.1) is 0 Å². The monoisotopic (exact) mass is 781 g/mol. The predicted octanol–water partition coefficient (Wildman–Crippen LogP) is 13.1. The molecule has 2 aliphatic rings. The van der Waals surface area contributed by atoms with Gasteiger partial charge in [-0.2, -0.15) is 0 Å². The third-order valence-electron chi connectivity index (χ3n) is 13.4. The molecule has 1 spiro atoms. The van der Waals surface area contributed by atoms with Crippen LogP contribution >= 0.6 is 7.14 Å². The highest BCUT2D eigenvalue weighted by Crippen LogP contribution is 2.61. The fourth-order valence-electron chi connectivity index (χ4n) is 11.2. The molecule has 60 heavy (non-hydrogen) atoms. The Morgan fingerprint density at radius 3 is 1.60 bits per heavy atom. The number of aromatic nitrogens is 1. The third-order valence-corrected chi connectivity index (χ3v) is 16.6. The first-order valence-electron chi connectivity index (χ1n) is 20.7. The Morgan fingerprint density at radius 2 is 0.883 bits per heavy atom. The molecule has 0 amide bonds. The molecule has 2 nitrogen and oxygen atoms in total. The molecular weight excluding hydrogens is 746 g/mol. The van der Waals surface area contributed by atoms with Gasteiger partial charge in [-0.25, -0.2) is 0 Å². The molecule has 13 rings (SSSR count). The van der Waals surface area contributed by atoms with Crippen molar-refractivity contribution in [1.29, 1.82) is 0 Å². The number of benzene rings is 10. The van der Waals surface area contributed by atoms with Gasteiger partial charge in [0.2, 0.25) is 0 Å². The van der Waals surface area contributed by atoms with Crippen LogP contribution in [0.1, 0.15) is 22.3 Å². The zero-order valence-electron chi connectivity index (χ0n) is 32.6. The molecule has 0 saturated heterocycles. The molecule has 0 aliphatic carbocycles. The molecular formula is C57H36NOP. The van der Waals surface area contributed by atoms with Gasteiger partial charge >= 0.3 is 0 Å². The Hall–Kier alpha value is -7.25. The predicted molar refractivity (Wildman–Crippen MR) is 251 cm³/mol. The van der Waals surface area contributed by atoms with Gasteiger partial charge in [-0.1, -0.05) is 200 Å². The largest absolute Gasteiger partial charge is 0.309 e. The van der Waals surface area contributed by atoms with Gasteiger partial charge in [-0.15, -0.1) is 0 Å². The van der Waals surface area contributed by atoms with E-state index in [4.69, 9.17) is 0 Å². The van der Waals surface area contributed by atoms with Gasteiger partial charge in [-0.3, -0.25) is 0 Å². The molecule has 0 saturated carbocycles. The van der Waals surface area contributed by atoms with Crippen molar-refractivity contribution in [3.05, 3.63) is 241 Å². The van der Waals surface area contributed by atoms with Gasteiger partial charge in [0.25, 0.3) is 0 Å². The Bertz CT molecular complexity index is 3580. The molecule has 11 aromatic rings. The van der Waals surface area contributed by atoms with Crippen molar-refractivity contribution in [3.8, 4) is 27.9 Å². The average Bonchev–Trinajstić information content (AvgIpc) is 3.66. The van der Waals surface area contributed by atoms with E-state index in [0.717, 1.165) is 43.9 Å². The van der Waals surface area contributed by atoms with Gasteiger partial charge in [0.05, 0.1) is 22.1 Å². The fraction of sp³-hybridized carbons (Fsp3) is 0.0175. The van der Waals surface area contributed by atoms with E-state index in [1.165, 1.54) is 65.6 Å². The molecule has 2 atom stereocenters. The number of hydrogen-bond donors (Lipinski definition) is 0. The van der Waals surface area contributed by atoms with Crippen molar-refractivity contribution in [2.24, 2.45) is 0 Å². The van der Waals surface area contributed by atoms with Gasteiger partial charge in [0, 0.05) is 26.7 Å². The van der Waals surface area contributed by atoms with Crippen LogP contribution in [0.3, 0.4) is 0 Å². The lowest BCUT2D eigenvalue weighted by Gasteiger charge is -2.47. The minimum Gasteiger partial charge on any atom is -0.309 e. The van der Waals surface area contributed by atoms with E-state index in [1.54, 1.807) is 0 Å². The van der Waals surface area contributed by atoms with Gasteiger partial charge in [0.15, 0.2) is 7.14 Å². The molecule has 2 aliphatic heterocycles. The molecule has 0 N–H and O–H groups in total. The summed E-state index contributed by atoms with van der Waals surface area (Å²) in [5.41, 5.74) is 12.0. The van der Waals surface area contributed by atoms with Crippen LogP contribution < -0.4 is 15.9 Å². The van der Waals surface area contributed by atoms with E-state index in [-0.39, 0.29) is 0 Å². The maximum atomic E-state index is 17.0. The fourth-order valence-corrected chi connectivity index (χ4v) is 14.3. The Kier molecular flexibility index (Phi) is 6.95. The lowest BCUT2D eigenvalue weighted by molar-refractivity contribution is 0.590. The first kappa shape index (κ1) is 33.7. The molecule has 0 bridgehead atoms. The Balaban J connectivity index is 1.21. The lowest BCUT2D eigenvalue weighted by atomic mass is 9.62. The van der Waals surface area contributed by atoms with Crippen LogP contribution in [0.4, 0.5) is 0 Å². The van der Waals surface area contributed by atoms with Crippen molar-refractivity contribution in [3.63, 3.8) is 0 Å². The molecule has 0 fully saturated rings. The molecule has 10 aromatic carbocycles. The van der Waals surface area contributed by atoms with E-state index >= 15 is 4.57 Å². The second-order valence-corrected chi connectivity index (χ2v) is 18.9. The standard InChI is InChI=1S/C57H36NOP/c59-60(39-20-5-2-6-21-39)52-33-16-13-29-47(52)57(46-28-12-15-32-51(46)58-50-31-14-11-22-40(50)45-27-17-30-49(57)56(45)58)48-35-34-38(36-53(48)60)55-43-25-9-7-23-41(43)54(37-18-3-1-4-19-37)42-24-8-10-26-44(42)55/h1-36H. The summed E-state index contributed by atoms with van der Waals surface area (Å²) in [6, 6.07) is 78.6. The zero-order valence-corrected chi connectivity index (χ0v) is 33.5. The Morgan fingerprint density at radius 1 is 0.367 bits per heavy atom. The number of fused-ring (bicyclic) bond motifs is 13. The van der Waals surface area contributed by atoms with E-state index < -0.39 is 12.6 Å². The lowest BCUT2D eigenvalue weighted by Crippen LogP contribution is -2.48. The van der Waals surface area contributed by atoms with Crippen molar-refractivity contribution in [2.75, 3.05) is 0 Å². The van der Waals surface area contributed by atoms with E-state index in [9.17, 15) is 0 Å². The molecule has 3 heteroatoms. The Labute approximate surface area is 348 Å². The van der Waals surface area contributed by atoms with Crippen LogP contribution in [0.25, 0.3) is 71.3 Å². The number of hydrogen-bond acceptors (Lipinski definition) is 1. The quantitative estimate of drug-likeness (QED) is 0.129. The van der Waals surface area contributed by atoms with Crippen LogP contribution in [0.15, 0.2) is 218 Å². The van der Waals surface area contributed by atoms with Crippen LogP contribution in [-0.4, -0.2) is 4.57 Å². The van der Waals surface area contributed by atoms with E-state index in [1.807, 2.05) is 18.2 Å². The molecule has 0 radical (unpaired) electrons. The van der Waals surface area contributed by atoms with Crippen LogP contribution in [0.2, 0.25) is 0 Å². The normalized spacial score (nSPS) is 17.5. The minimum atomic E-state index is -3.47. The minimum absolute atomic E-state index is 0.755. The van der Waals surface area contributed by atoms with Crippen LogP contribution in [0.5, 0.6) is 0 Å². The van der Waals surface area contributed by atoms with Gasteiger partial charge < -0.3 is 9.13 Å². The molecule has 1 aromatic heterocycles. The van der Waals surface area contributed by atoms with Crippen molar-refractivity contribution < 1.29 is 4.57 Å². The summed E-state index contributed by atoms with van der Waals surface area (Å²) in [6.07, 6.45) is 0. The number of para-hydroxylation sites is 3. The summed E-state index contributed by atoms with van der Waals surface area (Å²) < 4.78 is 19.5. The average molecular weight is 782 g/mol. The molecule has 280 valence electrons. The highest BCUT2D eigenvalue weighted by molar-refractivity contribution is 7.85. The summed E-state index contributed by atoms with van der Waals surface area (Å²) in [4.78, 5) is 0. The molecule has 3 heterocycles. The summed E-state index contributed by atoms with van der Waals surface area (Å²) in [7, 11) is -3.47. The number of rotatable bonds is 3. The SMILES string of the molecule is O=P1(c2ccccc2)c2ccccc2C2(c3ccccc3-n3c4ccccc4c4cccc2c43)c2ccc(-c3c4ccccc4c(-c4ccccc4)c4ccccc34)cc21. The van der Waals surface area contributed by atoms with E-state index in [2.05, 4.69) is 205 Å². The van der Waals surface area contributed by atoms with E-state index in [0.29, 0.717) is 0 Å². The van der Waals surface area contributed by atoms with Crippen molar-refractivity contribution in [2.45, 2.75) is 5.41 Å². The second-order valence-electron chi connectivity index (χ2n) is 16.2. The first-order valence-corrected chi connectivity index (χ1v) is 22.4. The summed E-state index contributed by atoms with van der Waals surface area (Å²) in [5.74, 6) is 0. The second kappa shape index (κ2) is 12.4. The van der Waals surface area contributed by atoms with Gasteiger partial charge in [-0.05, 0) is 84.3 Å². The smallest absolute Gasteiger partial charge is 0.171 e. The van der Waals surface area contributed by atoms with Crippen molar-refractivity contribution >= 4 is 66.4 Å². The van der Waals surface area contributed by atoms with Crippen molar-refractivity contribution in [1.82, 2.24) is 4.57 Å². The summed E-state index contributed by atoms with van der Waals surface area (Å²) in [6.45, 7) is 0. The van der Waals surface area contributed by atoms with Crippen LogP contribution in [-0.2, 0) is 9.98 Å². The number of nitrogens with zero attached hydrogens (tertiary/aromatic N) is 1. The highest BCUT2D eigenvalue weighted by atomic mass is 31.2.